The molecule has 0 aliphatic rings. The second-order valence-electron chi connectivity index (χ2n) is 4.63. The third-order valence-corrected chi connectivity index (χ3v) is 3.19. The monoisotopic (exact) mass is 295 g/mol. The summed E-state index contributed by atoms with van der Waals surface area (Å²) in [6, 6.07) is 16.0. The van der Waals surface area contributed by atoms with Crippen molar-refractivity contribution in [3.05, 3.63) is 54.6 Å². The van der Waals surface area contributed by atoms with Gasteiger partial charge < -0.3 is 5.11 Å². The molecule has 1 amide bonds. The van der Waals surface area contributed by atoms with Gasteiger partial charge in [-0.1, -0.05) is 30.3 Å². The number of hydrogen-bond acceptors (Lipinski definition) is 4. The van der Waals surface area contributed by atoms with Crippen LogP contribution in [-0.2, 0) is 7.05 Å². The van der Waals surface area contributed by atoms with Crippen LogP contribution < -0.4 is 4.90 Å². The van der Waals surface area contributed by atoms with Gasteiger partial charge in [0.25, 0.3) is 0 Å². The number of amides is 1. The van der Waals surface area contributed by atoms with Crippen LogP contribution in [0.2, 0.25) is 0 Å². The van der Waals surface area contributed by atoms with Crippen LogP contribution >= 0.6 is 0 Å². The zero-order chi connectivity index (χ0) is 15.5. The first-order valence-electron chi connectivity index (χ1n) is 6.58. The van der Waals surface area contributed by atoms with E-state index in [0.717, 1.165) is 5.56 Å². The zero-order valence-electron chi connectivity index (χ0n) is 11.8. The lowest BCUT2D eigenvalue weighted by atomic mass is 10.1. The molecule has 0 saturated carbocycles. The van der Waals surface area contributed by atoms with E-state index in [-0.39, 0.29) is 0 Å². The van der Waals surface area contributed by atoms with Gasteiger partial charge in [-0.05, 0) is 34.7 Å². The zero-order valence-corrected chi connectivity index (χ0v) is 11.8. The van der Waals surface area contributed by atoms with Gasteiger partial charge in [0.1, 0.15) is 0 Å². The Morgan fingerprint density at radius 2 is 1.82 bits per heavy atom. The molecule has 1 aromatic heterocycles. The lowest BCUT2D eigenvalue weighted by Gasteiger charge is -2.19. The minimum absolute atomic E-state index is 0.527. The largest absolute Gasteiger partial charge is 0.464 e. The minimum Gasteiger partial charge on any atom is -0.464 e. The second-order valence-corrected chi connectivity index (χ2v) is 4.63. The van der Waals surface area contributed by atoms with Crippen LogP contribution in [0.1, 0.15) is 0 Å². The highest BCUT2D eigenvalue weighted by molar-refractivity contribution is 5.95. The molecule has 3 aromatic rings. The van der Waals surface area contributed by atoms with Gasteiger partial charge in [-0.25, -0.2) is 14.4 Å². The van der Waals surface area contributed by atoms with Crippen LogP contribution in [-0.4, -0.2) is 31.4 Å². The maximum atomic E-state index is 11.6. The van der Waals surface area contributed by atoms with Crippen molar-refractivity contribution in [2.45, 2.75) is 0 Å². The van der Waals surface area contributed by atoms with Crippen molar-refractivity contribution >= 4 is 17.5 Å². The molecule has 0 unspecified atom stereocenters. The van der Waals surface area contributed by atoms with E-state index in [2.05, 4.69) is 15.5 Å². The third-order valence-electron chi connectivity index (χ3n) is 3.19. The van der Waals surface area contributed by atoms with Crippen molar-refractivity contribution in [1.82, 2.24) is 20.2 Å². The number of benzene rings is 2. The first-order chi connectivity index (χ1) is 10.7. The minimum atomic E-state index is -1.06. The second kappa shape index (κ2) is 5.65. The van der Waals surface area contributed by atoms with Crippen molar-refractivity contribution in [3.63, 3.8) is 0 Å². The first-order valence-corrected chi connectivity index (χ1v) is 6.58. The number of aryl methyl sites for hydroxylation is 1. The van der Waals surface area contributed by atoms with Crippen molar-refractivity contribution in [2.75, 3.05) is 4.90 Å². The first kappa shape index (κ1) is 13.7. The molecule has 110 valence electrons. The molecule has 0 aliphatic carbocycles. The molecule has 0 bridgehead atoms. The van der Waals surface area contributed by atoms with Gasteiger partial charge in [0.2, 0.25) is 0 Å². The Morgan fingerprint density at radius 3 is 2.45 bits per heavy atom. The molecule has 22 heavy (non-hydrogen) atoms. The van der Waals surface area contributed by atoms with Crippen LogP contribution in [0, 0.1) is 0 Å². The molecule has 0 fully saturated rings. The van der Waals surface area contributed by atoms with E-state index >= 15 is 0 Å². The fourth-order valence-electron chi connectivity index (χ4n) is 2.21. The van der Waals surface area contributed by atoms with Gasteiger partial charge >= 0.3 is 6.09 Å². The number of tetrazole rings is 1. The summed E-state index contributed by atoms with van der Waals surface area (Å²) in [5, 5.41) is 20.9. The summed E-state index contributed by atoms with van der Waals surface area (Å²) < 4.78 is 1.53. The Morgan fingerprint density at radius 1 is 1.09 bits per heavy atom. The number of nitrogens with zero attached hydrogens (tertiary/aromatic N) is 5. The summed E-state index contributed by atoms with van der Waals surface area (Å²) in [5.41, 5.74) is 1.84. The van der Waals surface area contributed by atoms with E-state index in [4.69, 9.17) is 0 Å². The highest BCUT2D eigenvalue weighted by Gasteiger charge is 2.17. The van der Waals surface area contributed by atoms with Crippen molar-refractivity contribution in [3.8, 4) is 11.4 Å². The summed E-state index contributed by atoms with van der Waals surface area (Å²) in [6.07, 6.45) is -1.06. The average Bonchev–Trinajstić information content (AvgIpc) is 2.95. The number of carbonyl (C=O) groups is 1. The van der Waals surface area contributed by atoms with Crippen molar-refractivity contribution in [2.24, 2.45) is 7.05 Å². The molecule has 0 saturated heterocycles. The number of hydrogen-bond donors (Lipinski definition) is 1. The fraction of sp³-hybridized carbons (Fsp3) is 0.0667. The smallest absolute Gasteiger partial charge is 0.416 e. The van der Waals surface area contributed by atoms with Crippen molar-refractivity contribution in [1.29, 1.82) is 0 Å². The molecule has 0 aliphatic heterocycles. The maximum absolute atomic E-state index is 11.6. The van der Waals surface area contributed by atoms with E-state index in [1.54, 1.807) is 49.5 Å². The van der Waals surface area contributed by atoms with E-state index in [1.807, 2.05) is 12.1 Å². The predicted octanol–water partition coefficient (Wildman–Crippen LogP) is 2.69. The van der Waals surface area contributed by atoms with Gasteiger partial charge in [-0.2, -0.15) is 0 Å². The molecular weight excluding hydrogens is 282 g/mol. The summed E-state index contributed by atoms with van der Waals surface area (Å²) in [6.45, 7) is 0. The molecule has 0 radical (unpaired) electrons. The molecule has 0 spiro atoms. The summed E-state index contributed by atoms with van der Waals surface area (Å²) in [7, 11) is 1.73. The van der Waals surface area contributed by atoms with E-state index < -0.39 is 6.09 Å². The summed E-state index contributed by atoms with van der Waals surface area (Å²) in [5.74, 6) is 0.570. The molecular formula is C15H13N5O2. The number of aromatic nitrogens is 4. The Hall–Kier alpha value is -3.22. The Balaban J connectivity index is 2.07. The fourth-order valence-corrected chi connectivity index (χ4v) is 2.21. The Labute approximate surface area is 126 Å². The van der Waals surface area contributed by atoms with Crippen LogP contribution in [0.4, 0.5) is 16.2 Å². The number of anilines is 2. The molecule has 1 heterocycles. The molecule has 1 N–H and O–H groups in total. The van der Waals surface area contributed by atoms with Gasteiger partial charge in [-0.3, -0.25) is 0 Å². The lowest BCUT2D eigenvalue weighted by molar-refractivity contribution is 0.205. The van der Waals surface area contributed by atoms with Crippen LogP contribution in [0.25, 0.3) is 11.4 Å². The molecule has 7 nitrogen and oxygen atoms in total. The van der Waals surface area contributed by atoms with E-state index in [9.17, 15) is 9.90 Å². The highest BCUT2D eigenvalue weighted by atomic mass is 16.4. The standard InChI is InChI=1S/C15H13N5O2/c1-19-14(16-17-18-19)11-6-5-9-13(10-11)20(15(21)22)12-7-3-2-4-8-12/h2-10H,1H3,(H,21,22). The highest BCUT2D eigenvalue weighted by Crippen LogP contribution is 2.28. The Bertz CT molecular complexity index is 800. The molecule has 2 aromatic carbocycles. The van der Waals surface area contributed by atoms with E-state index in [0.29, 0.717) is 17.2 Å². The van der Waals surface area contributed by atoms with Gasteiger partial charge in [0, 0.05) is 12.6 Å². The number of carboxylic acid groups (broad SMARTS) is 1. The van der Waals surface area contributed by atoms with Gasteiger partial charge in [-0.15, -0.1) is 5.10 Å². The average molecular weight is 295 g/mol. The van der Waals surface area contributed by atoms with Crippen molar-refractivity contribution < 1.29 is 9.90 Å². The van der Waals surface area contributed by atoms with Gasteiger partial charge in [0.15, 0.2) is 5.82 Å². The Kier molecular flexibility index (Phi) is 3.53. The van der Waals surface area contributed by atoms with Crippen LogP contribution in [0.15, 0.2) is 54.6 Å². The normalized spacial score (nSPS) is 10.4. The summed E-state index contributed by atoms with van der Waals surface area (Å²) >= 11 is 0. The van der Waals surface area contributed by atoms with Gasteiger partial charge in [0.05, 0.1) is 11.4 Å². The maximum Gasteiger partial charge on any atom is 0.416 e. The van der Waals surface area contributed by atoms with Crippen LogP contribution in [0.5, 0.6) is 0 Å². The quantitative estimate of drug-likeness (QED) is 0.803. The molecule has 3 rings (SSSR count). The van der Waals surface area contributed by atoms with Crippen LogP contribution in [0.3, 0.4) is 0 Å². The number of para-hydroxylation sites is 1. The third kappa shape index (κ3) is 2.51. The molecule has 7 heteroatoms. The van der Waals surface area contributed by atoms with E-state index in [1.165, 1.54) is 9.58 Å². The predicted molar refractivity (Wildman–Crippen MR) is 80.8 cm³/mol. The lowest BCUT2D eigenvalue weighted by Crippen LogP contribution is -2.23. The number of rotatable bonds is 3. The molecule has 0 atom stereocenters. The topological polar surface area (TPSA) is 84.1 Å². The SMILES string of the molecule is Cn1nnnc1-c1cccc(N(C(=O)O)c2ccccc2)c1. The summed E-state index contributed by atoms with van der Waals surface area (Å²) in [4.78, 5) is 12.9.